The zero-order valence-corrected chi connectivity index (χ0v) is 31.8. The van der Waals surface area contributed by atoms with Crippen LogP contribution in [0.3, 0.4) is 0 Å². The molecule has 0 aliphatic carbocycles. The summed E-state index contributed by atoms with van der Waals surface area (Å²) in [7, 11) is -16.5. The first-order chi connectivity index (χ1) is 22.9. The average Bonchev–Trinajstić information content (AvgIpc) is 3.04. The zero-order valence-electron chi connectivity index (χ0n) is 28.3. The number of hydrogen-bond acceptors (Lipinski definition) is 20. The van der Waals surface area contributed by atoms with Crippen LogP contribution in [-0.2, 0) is 54.5 Å². The van der Waals surface area contributed by atoms with E-state index in [1.54, 1.807) is 55.4 Å². The highest BCUT2D eigenvalue weighted by Gasteiger charge is 2.39. The lowest BCUT2D eigenvalue weighted by Gasteiger charge is -2.19. The molecule has 274 valence electrons. The van der Waals surface area contributed by atoms with Crippen LogP contribution in [0, 0.1) is 0 Å². The van der Waals surface area contributed by atoms with Crippen LogP contribution in [0.25, 0.3) is 0 Å². The number of hydrogen-bond donors (Lipinski definition) is 0. The molecule has 2 heterocycles. The summed E-state index contributed by atoms with van der Waals surface area (Å²) in [5.41, 5.74) is -1.93. The molecule has 48 heavy (non-hydrogen) atoms. The lowest BCUT2D eigenvalue weighted by atomic mass is 10.8. The van der Waals surface area contributed by atoms with Gasteiger partial charge in [-0.3, -0.25) is 18.3 Å². The van der Waals surface area contributed by atoms with Crippen LogP contribution in [0.15, 0.2) is 0 Å². The van der Waals surface area contributed by atoms with Gasteiger partial charge in [-0.15, -0.1) is 0 Å². The van der Waals surface area contributed by atoms with Gasteiger partial charge >= 0.3 is 42.4 Å². The lowest BCUT2D eigenvalue weighted by Crippen LogP contribution is -2.31. The summed E-state index contributed by atoms with van der Waals surface area (Å²) in [5.74, 6) is 0. The minimum Gasteiger partial charge on any atom is -0.460 e. The van der Waals surface area contributed by atoms with E-state index in [2.05, 4.69) is 29.9 Å². The van der Waals surface area contributed by atoms with E-state index >= 15 is 0 Å². The Morgan fingerprint density at radius 3 is 0.708 bits per heavy atom. The summed E-state index contributed by atoms with van der Waals surface area (Å²) in [6.45, 7) is 11.9. The molecule has 24 heteroatoms. The van der Waals surface area contributed by atoms with E-state index < -0.39 is 64.7 Å². The molecular weight excluding hydrogens is 720 g/mol. The molecule has 0 fully saturated rings. The van der Waals surface area contributed by atoms with Crippen LogP contribution in [0.4, 0.5) is 0 Å². The van der Waals surface area contributed by atoms with Crippen molar-refractivity contribution in [2.24, 2.45) is 0 Å². The number of ether oxygens (including phenoxy) is 2. The topological polar surface area (TPSA) is 238 Å². The summed E-state index contributed by atoms with van der Waals surface area (Å²) in [6, 6.07) is -0.881. The van der Waals surface area contributed by atoms with E-state index in [1.807, 2.05) is 0 Å². The predicted molar refractivity (Wildman–Crippen MR) is 173 cm³/mol. The molecule has 0 atom stereocenters. The van der Waals surface area contributed by atoms with E-state index in [-0.39, 0.29) is 66.1 Å². The van der Waals surface area contributed by atoms with E-state index in [9.17, 15) is 18.3 Å². The van der Waals surface area contributed by atoms with Crippen molar-refractivity contribution in [1.29, 1.82) is 0 Å². The van der Waals surface area contributed by atoms with Crippen molar-refractivity contribution in [3.05, 3.63) is 0 Å². The molecule has 0 bridgehead atoms. The highest BCUT2D eigenvalue weighted by Crippen LogP contribution is 2.50. The number of nitrogens with zero attached hydrogens (tertiary/aromatic N) is 6. The molecule has 20 nitrogen and oxygen atoms in total. The van der Waals surface area contributed by atoms with Crippen molar-refractivity contribution >= 4 is 52.6 Å². The van der Waals surface area contributed by atoms with E-state index in [0.29, 0.717) is 0 Å². The van der Waals surface area contributed by atoms with Gasteiger partial charge in [0.15, 0.2) is 0 Å². The SMILES string of the molecule is CCOP(=O)(OCC)c1nc(OCCOc2nc(P(=O)(OCC)OCC)nc(P(=O)(OCC)OCC)n2)nc(P(=O)(OCC)OCC)n1. The molecule has 0 saturated carbocycles. The molecular formula is C24H44N6O14P4. The highest BCUT2D eigenvalue weighted by atomic mass is 31.2. The maximum Gasteiger partial charge on any atom is 0.398 e. The molecule has 2 rings (SSSR count). The third-order valence-electron chi connectivity index (χ3n) is 5.10. The van der Waals surface area contributed by atoms with Crippen molar-refractivity contribution in [3.8, 4) is 12.0 Å². The summed E-state index contributed by atoms with van der Waals surface area (Å²) in [4.78, 5) is 24.4. The first-order valence-corrected chi connectivity index (χ1v) is 21.4. The Hall–Kier alpha value is -1.78. The molecule has 0 spiro atoms. The Labute approximate surface area is 279 Å². The zero-order chi connectivity index (χ0) is 35.8. The Morgan fingerprint density at radius 1 is 0.354 bits per heavy atom. The molecule has 0 aliphatic heterocycles. The van der Waals surface area contributed by atoms with Gasteiger partial charge in [-0.1, -0.05) is 0 Å². The average molecular weight is 765 g/mol. The quantitative estimate of drug-likeness (QED) is 0.104. The van der Waals surface area contributed by atoms with Crippen molar-refractivity contribution < 1.29 is 63.9 Å². The van der Waals surface area contributed by atoms with E-state index in [1.165, 1.54) is 0 Å². The molecule has 0 amide bonds. The fourth-order valence-corrected chi connectivity index (χ4v) is 9.33. The van der Waals surface area contributed by atoms with Gasteiger partial charge in [0.2, 0.25) is 22.3 Å². The van der Waals surface area contributed by atoms with Gasteiger partial charge < -0.3 is 45.7 Å². The maximum atomic E-state index is 13.5. The second-order valence-corrected chi connectivity index (χ2v) is 16.1. The van der Waals surface area contributed by atoms with Gasteiger partial charge in [0, 0.05) is 0 Å². The minimum absolute atomic E-state index is 0.0220. The third-order valence-corrected chi connectivity index (χ3v) is 12.6. The molecule has 0 unspecified atom stereocenters. The van der Waals surface area contributed by atoms with Gasteiger partial charge in [0.05, 0.1) is 52.9 Å². The molecule has 0 N–H and O–H groups in total. The number of aromatic nitrogens is 6. The van der Waals surface area contributed by atoms with Gasteiger partial charge in [-0.05, 0) is 55.4 Å². The van der Waals surface area contributed by atoms with E-state index in [0.717, 1.165) is 0 Å². The largest absolute Gasteiger partial charge is 0.460 e. The van der Waals surface area contributed by atoms with Crippen molar-refractivity contribution in [2.45, 2.75) is 55.4 Å². The molecule has 0 saturated heterocycles. The van der Waals surface area contributed by atoms with Gasteiger partial charge in [-0.2, -0.15) is 29.9 Å². The Bertz CT molecular complexity index is 1260. The lowest BCUT2D eigenvalue weighted by molar-refractivity contribution is 0.194. The summed E-state index contributed by atoms with van der Waals surface area (Å²) < 4.78 is 108. The first-order valence-electron chi connectivity index (χ1n) is 15.2. The Morgan fingerprint density at radius 2 is 0.542 bits per heavy atom. The summed E-state index contributed by atoms with van der Waals surface area (Å²) in [5, 5.41) is 0. The molecule has 0 aliphatic rings. The normalized spacial score (nSPS) is 12.8. The highest BCUT2D eigenvalue weighted by molar-refractivity contribution is 7.63. The summed E-state index contributed by atoms with van der Waals surface area (Å²) >= 11 is 0. The maximum absolute atomic E-state index is 13.5. The smallest absolute Gasteiger partial charge is 0.398 e. The van der Waals surface area contributed by atoms with Crippen molar-refractivity contribution in [1.82, 2.24) is 29.9 Å². The van der Waals surface area contributed by atoms with E-state index in [4.69, 9.17) is 45.7 Å². The summed E-state index contributed by atoms with van der Waals surface area (Å²) in [6.07, 6.45) is 0. The van der Waals surface area contributed by atoms with Gasteiger partial charge in [0.1, 0.15) is 13.2 Å². The second kappa shape index (κ2) is 20.2. The van der Waals surface area contributed by atoms with Crippen LogP contribution < -0.4 is 31.7 Å². The third kappa shape index (κ3) is 11.4. The van der Waals surface area contributed by atoms with Crippen molar-refractivity contribution in [3.63, 3.8) is 0 Å². The van der Waals surface area contributed by atoms with Gasteiger partial charge in [0.25, 0.3) is 0 Å². The molecule has 0 aromatic carbocycles. The van der Waals surface area contributed by atoms with Crippen LogP contribution >= 0.6 is 30.4 Å². The van der Waals surface area contributed by atoms with Crippen LogP contribution in [-0.4, -0.2) is 96.0 Å². The molecule has 2 aromatic rings. The standard InChI is InChI=1S/C24H44N6O14P4/c1-9-37-45(31,38-10-2)21-25-19(26-22(29-21)46(32,39-11-3)40-12-4)35-17-18-36-20-27-23(47(33,41-13-5)42-14-6)30-24(28-20)48(34,43-15-7)44-16-8/h9-18H2,1-8H3. The first kappa shape index (κ1) is 42.4. The van der Waals surface area contributed by atoms with Crippen LogP contribution in [0.5, 0.6) is 12.0 Å². The van der Waals surface area contributed by atoms with Gasteiger partial charge in [-0.25, -0.2) is 0 Å². The minimum atomic E-state index is -4.12. The second-order valence-electron chi connectivity index (χ2n) is 8.46. The predicted octanol–water partition coefficient (Wildman–Crippen LogP) is 3.08. The Balaban J connectivity index is 2.50. The fraction of sp³-hybridized carbons (Fsp3) is 0.750. The van der Waals surface area contributed by atoms with Crippen LogP contribution in [0.1, 0.15) is 55.4 Å². The number of rotatable bonds is 25. The molecule has 2 aromatic heterocycles. The Kier molecular flexibility index (Phi) is 17.8. The monoisotopic (exact) mass is 764 g/mol. The fourth-order valence-electron chi connectivity index (χ4n) is 3.53. The van der Waals surface area contributed by atoms with Crippen molar-refractivity contribution in [2.75, 3.05) is 66.1 Å². The van der Waals surface area contributed by atoms with Crippen LogP contribution in [0.2, 0.25) is 0 Å². The molecule has 0 radical (unpaired) electrons.